The number of hydrogen-bond acceptors (Lipinski definition) is 3. The van der Waals surface area contributed by atoms with E-state index in [4.69, 9.17) is 10.6 Å². The summed E-state index contributed by atoms with van der Waals surface area (Å²) in [5.41, 5.74) is 3.94. The second-order valence-electron chi connectivity index (χ2n) is 3.25. The SMILES string of the molecule is CCCC(NN)c1ccccc1OC. The molecule has 3 N–H and O–H groups in total. The van der Waals surface area contributed by atoms with Gasteiger partial charge in [0.1, 0.15) is 5.75 Å². The molecule has 0 saturated heterocycles. The van der Waals surface area contributed by atoms with Gasteiger partial charge in [0.05, 0.1) is 7.11 Å². The third-order valence-electron chi connectivity index (χ3n) is 2.29. The Labute approximate surface area is 85.2 Å². The number of nitrogens with two attached hydrogens (primary N) is 1. The van der Waals surface area contributed by atoms with Gasteiger partial charge in [-0.1, -0.05) is 31.5 Å². The van der Waals surface area contributed by atoms with Gasteiger partial charge < -0.3 is 4.74 Å². The second-order valence-corrected chi connectivity index (χ2v) is 3.25. The van der Waals surface area contributed by atoms with Crippen molar-refractivity contribution in [1.29, 1.82) is 0 Å². The molecule has 0 aromatic heterocycles. The molecule has 0 aliphatic carbocycles. The van der Waals surface area contributed by atoms with Crippen LogP contribution in [0.25, 0.3) is 0 Å². The standard InChI is InChI=1S/C11H18N2O/c1-3-6-10(13-12)9-7-4-5-8-11(9)14-2/h4-5,7-8,10,13H,3,6,12H2,1-2H3. The van der Waals surface area contributed by atoms with Crippen LogP contribution in [0.4, 0.5) is 0 Å². The molecule has 1 aromatic carbocycles. The quantitative estimate of drug-likeness (QED) is 0.556. The lowest BCUT2D eigenvalue weighted by molar-refractivity contribution is 0.395. The molecule has 0 fully saturated rings. The Morgan fingerprint density at radius 2 is 2.14 bits per heavy atom. The van der Waals surface area contributed by atoms with E-state index in [1.165, 1.54) is 0 Å². The Bertz CT molecular complexity index is 276. The Balaban J connectivity index is 2.90. The summed E-state index contributed by atoms with van der Waals surface area (Å²) in [6.45, 7) is 2.14. The summed E-state index contributed by atoms with van der Waals surface area (Å²) < 4.78 is 5.28. The zero-order valence-corrected chi connectivity index (χ0v) is 8.79. The highest BCUT2D eigenvalue weighted by Gasteiger charge is 2.12. The summed E-state index contributed by atoms with van der Waals surface area (Å²) in [5, 5.41) is 0. The van der Waals surface area contributed by atoms with E-state index in [-0.39, 0.29) is 6.04 Å². The number of benzene rings is 1. The molecule has 78 valence electrons. The monoisotopic (exact) mass is 194 g/mol. The van der Waals surface area contributed by atoms with Crippen molar-refractivity contribution in [3.8, 4) is 5.75 Å². The Morgan fingerprint density at radius 3 is 2.71 bits per heavy atom. The number of para-hydroxylation sites is 1. The van der Waals surface area contributed by atoms with E-state index in [2.05, 4.69) is 12.3 Å². The Hall–Kier alpha value is -1.06. The van der Waals surface area contributed by atoms with Crippen LogP contribution in [0.2, 0.25) is 0 Å². The van der Waals surface area contributed by atoms with Gasteiger partial charge in [0, 0.05) is 11.6 Å². The van der Waals surface area contributed by atoms with Gasteiger partial charge in [-0.2, -0.15) is 0 Å². The van der Waals surface area contributed by atoms with Crippen molar-refractivity contribution in [2.75, 3.05) is 7.11 Å². The van der Waals surface area contributed by atoms with Crippen molar-refractivity contribution >= 4 is 0 Å². The number of rotatable bonds is 5. The van der Waals surface area contributed by atoms with Crippen molar-refractivity contribution in [2.24, 2.45) is 5.84 Å². The van der Waals surface area contributed by atoms with Gasteiger partial charge in [-0.3, -0.25) is 11.3 Å². The highest BCUT2D eigenvalue weighted by atomic mass is 16.5. The number of nitrogens with one attached hydrogen (secondary N) is 1. The lowest BCUT2D eigenvalue weighted by Crippen LogP contribution is -2.28. The smallest absolute Gasteiger partial charge is 0.123 e. The normalized spacial score (nSPS) is 12.5. The molecule has 3 heteroatoms. The van der Waals surface area contributed by atoms with Crippen LogP contribution < -0.4 is 16.0 Å². The molecule has 1 rings (SSSR count). The summed E-state index contributed by atoms with van der Waals surface area (Å²) in [6, 6.07) is 8.13. The highest BCUT2D eigenvalue weighted by Crippen LogP contribution is 2.26. The minimum Gasteiger partial charge on any atom is -0.496 e. The lowest BCUT2D eigenvalue weighted by Gasteiger charge is -2.18. The van der Waals surface area contributed by atoms with E-state index >= 15 is 0 Å². The third-order valence-corrected chi connectivity index (χ3v) is 2.29. The first-order valence-electron chi connectivity index (χ1n) is 4.92. The first-order chi connectivity index (χ1) is 6.83. The largest absolute Gasteiger partial charge is 0.496 e. The molecule has 1 aromatic rings. The van der Waals surface area contributed by atoms with Crippen LogP contribution in [0.3, 0.4) is 0 Å². The van der Waals surface area contributed by atoms with E-state index < -0.39 is 0 Å². The molecule has 0 heterocycles. The second kappa shape index (κ2) is 5.62. The van der Waals surface area contributed by atoms with Crippen LogP contribution in [0.15, 0.2) is 24.3 Å². The Kier molecular flexibility index (Phi) is 4.43. The molecular weight excluding hydrogens is 176 g/mol. The van der Waals surface area contributed by atoms with Crippen LogP contribution in [-0.2, 0) is 0 Å². The molecule has 0 aliphatic heterocycles. The number of hydrazine groups is 1. The van der Waals surface area contributed by atoms with Gasteiger partial charge in [0.2, 0.25) is 0 Å². The minimum absolute atomic E-state index is 0.177. The van der Waals surface area contributed by atoms with Crippen LogP contribution in [0, 0.1) is 0 Å². The van der Waals surface area contributed by atoms with Gasteiger partial charge in [0.25, 0.3) is 0 Å². The van der Waals surface area contributed by atoms with Gasteiger partial charge in [0.15, 0.2) is 0 Å². The lowest BCUT2D eigenvalue weighted by atomic mass is 10.0. The van der Waals surface area contributed by atoms with Crippen molar-refractivity contribution in [2.45, 2.75) is 25.8 Å². The van der Waals surface area contributed by atoms with E-state index in [0.29, 0.717) is 0 Å². The maximum absolute atomic E-state index is 5.51. The van der Waals surface area contributed by atoms with Crippen LogP contribution in [0.5, 0.6) is 5.75 Å². The fraction of sp³-hybridized carbons (Fsp3) is 0.455. The first kappa shape index (κ1) is 11.0. The van der Waals surface area contributed by atoms with E-state index in [9.17, 15) is 0 Å². The van der Waals surface area contributed by atoms with Crippen molar-refractivity contribution in [1.82, 2.24) is 5.43 Å². The van der Waals surface area contributed by atoms with Gasteiger partial charge in [-0.25, -0.2) is 0 Å². The van der Waals surface area contributed by atoms with Crippen LogP contribution >= 0.6 is 0 Å². The number of hydrogen-bond donors (Lipinski definition) is 2. The average Bonchev–Trinajstić information content (AvgIpc) is 2.26. The molecule has 0 radical (unpaired) electrons. The van der Waals surface area contributed by atoms with E-state index in [1.807, 2.05) is 24.3 Å². The maximum atomic E-state index is 5.51. The van der Waals surface area contributed by atoms with Crippen molar-refractivity contribution in [3.05, 3.63) is 29.8 Å². The molecule has 14 heavy (non-hydrogen) atoms. The van der Waals surface area contributed by atoms with Crippen LogP contribution in [-0.4, -0.2) is 7.11 Å². The third kappa shape index (κ3) is 2.47. The summed E-state index contributed by atoms with van der Waals surface area (Å²) >= 11 is 0. The van der Waals surface area contributed by atoms with Crippen molar-refractivity contribution < 1.29 is 4.74 Å². The summed E-state index contributed by atoms with van der Waals surface area (Å²) in [5.74, 6) is 6.40. The molecule has 0 amide bonds. The van der Waals surface area contributed by atoms with Gasteiger partial charge >= 0.3 is 0 Å². The average molecular weight is 194 g/mol. The molecule has 0 bridgehead atoms. The number of ether oxygens (including phenoxy) is 1. The highest BCUT2D eigenvalue weighted by molar-refractivity contribution is 5.35. The predicted molar refractivity (Wildman–Crippen MR) is 58.0 cm³/mol. The molecule has 0 spiro atoms. The molecule has 1 unspecified atom stereocenters. The van der Waals surface area contributed by atoms with E-state index in [1.54, 1.807) is 7.11 Å². The Morgan fingerprint density at radius 1 is 1.43 bits per heavy atom. The summed E-state index contributed by atoms with van der Waals surface area (Å²) in [6.07, 6.45) is 2.10. The van der Waals surface area contributed by atoms with Crippen molar-refractivity contribution in [3.63, 3.8) is 0 Å². The zero-order valence-electron chi connectivity index (χ0n) is 8.79. The molecular formula is C11H18N2O. The van der Waals surface area contributed by atoms with Gasteiger partial charge in [-0.15, -0.1) is 0 Å². The molecule has 3 nitrogen and oxygen atoms in total. The minimum atomic E-state index is 0.177. The summed E-state index contributed by atoms with van der Waals surface area (Å²) in [4.78, 5) is 0. The first-order valence-corrected chi connectivity index (χ1v) is 4.92. The van der Waals surface area contributed by atoms with Crippen LogP contribution in [0.1, 0.15) is 31.4 Å². The topological polar surface area (TPSA) is 47.3 Å². The summed E-state index contributed by atoms with van der Waals surface area (Å²) in [7, 11) is 1.68. The molecule has 0 aliphatic rings. The molecule has 1 atom stereocenters. The maximum Gasteiger partial charge on any atom is 0.123 e. The predicted octanol–water partition coefficient (Wildman–Crippen LogP) is 2.00. The molecule has 0 saturated carbocycles. The fourth-order valence-electron chi connectivity index (χ4n) is 1.57. The van der Waals surface area contributed by atoms with E-state index in [0.717, 1.165) is 24.2 Å². The number of methoxy groups -OCH3 is 1. The fourth-order valence-corrected chi connectivity index (χ4v) is 1.57. The zero-order chi connectivity index (χ0) is 10.4. The van der Waals surface area contributed by atoms with Gasteiger partial charge in [-0.05, 0) is 12.5 Å².